The Balaban J connectivity index is 0.00000112. The van der Waals surface area contributed by atoms with Crippen molar-refractivity contribution in [3.05, 3.63) is 25.3 Å². The Morgan fingerprint density at radius 1 is 1.13 bits per heavy atom. The number of H-pyrrole nitrogens is 2. The van der Waals surface area contributed by atoms with Crippen LogP contribution in [0.1, 0.15) is 12.8 Å². The molecule has 0 aromatic carbocycles. The molecular formula is C8H11BrClN3O2. The molecule has 0 saturated carbocycles. The average molecular weight is 297 g/mol. The van der Waals surface area contributed by atoms with Gasteiger partial charge in [0.25, 0.3) is 5.56 Å². The normalized spacial score (nSPS) is 15.1. The summed E-state index contributed by atoms with van der Waals surface area (Å²) in [5.74, 6) is 0.594. The van der Waals surface area contributed by atoms with E-state index in [2.05, 4.69) is 25.9 Å². The number of hydrogen-bond acceptors (Lipinski definition) is 3. The summed E-state index contributed by atoms with van der Waals surface area (Å²) in [6.45, 7) is 1.77. The molecule has 0 bridgehead atoms. The standard InChI is InChI=1S/C8H10BrN3O2.ClH/c9-5-6(12-3-1-2-4-12)10-8(14)11-7(5)13;/h1-4H2,(H2,10,11,13,14);1H. The van der Waals surface area contributed by atoms with Crippen LogP contribution in [0.2, 0.25) is 0 Å². The van der Waals surface area contributed by atoms with Crippen molar-refractivity contribution in [2.45, 2.75) is 12.8 Å². The summed E-state index contributed by atoms with van der Waals surface area (Å²) in [7, 11) is 0. The number of nitrogens with zero attached hydrogens (tertiary/aromatic N) is 1. The third kappa shape index (κ3) is 2.43. The highest BCUT2D eigenvalue weighted by molar-refractivity contribution is 9.10. The number of aromatic nitrogens is 2. The first kappa shape index (κ1) is 12.3. The van der Waals surface area contributed by atoms with Gasteiger partial charge in [0.15, 0.2) is 0 Å². The van der Waals surface area contributed by atoms with E-state index in [1.54, 1.807) is 0 Å². The molecule has 1 aliphatic rings. The maximum atomic E-state index is 11.3. The predicted molar refractivity (Wildman–Crippen MR) is 64.1 cm³/mol. The molecule has 1 aliphatic heterocycles. The molecule has 5 nitrogen and oxygen atoms in total. The molecule has 0 spiro atoms. The summed E-state index contributed by atoms with van der Waals surface area (Å²) in [6, 6.07) is 0. The van der Waals surface area contributed by atoms with E-state index in [9.17, 15) is 9.59 Å². The van der Waals surface area contributed by atoms with E-state index >= 15 is 0 Å². The van der Waals surface area contributed by atoms with Gasteiger partial charge < -0.3 is 4.90 Å². The third-order valence-electron chi connectivity index (χ3n) is 2.29. The highest BCUT2D eigenvalue weighted by atomic mass is 79.9. The van der Waals surface area contributed by atoms with Gasteiger partial charge >= 0.3 is 5.69 Å². The molecule has 2 N–H and O–H groups in total. The lowest BCUT2D eigenvalue weighted by Gasteiger charge is -2.17. The minimum Gasteiger partial charge on any atom is -0.357 e. The molecule has 2 heterocycles. The van der Waals surface area contributed by atoms with E-state index in [0.29, 0.717) is 10.3 Å². The highest BCUT2D eigenvalue weighted by Crippen LogP contribution is 2.21. The second-order valence-electron chi connectivity index (χ2n) is 3.26. The number of hydrogen-bond donors (Lipinski definition) is 2. The van der Waals surface area contributed by atoms with Crippen molar-refractivity contribution in [1.82, 2.24) is 9.97 Å². The molecule has 1 aromatic rings. The van der Waals surface area contributed by atoms with Crippen LogP contribution in [0, 0.1) is 0 Å². The number of nitrogens with one attached hydrogen (secondary N) is 2. The topological polar surface area (TPSA) is 69.0 Å². The Morgan fingerprint density at radius 3 is 2.33 bits per heavy atom. The van der Waals surface area contributed by atoms with Gasteiger partial charge in [0.1, 0.15) is 10.3 Å². The van der Waals surface area contributed by atoms with Gasteiger partial charge in [0.2, 0.25) is 0 Å². The SMILES string of the molecule is Cl.O=c1[nH]c(N2CCCC2)c(Br)c(=O)[nH]1. The van der Waals surface area contributed by atoms with Gasteiger partial charge in [-0.1, -0.05) is 0 Å². The van der Waals surface area contributed by atoms with E-state index in [0.717, 1.165) is 25.9 Å². The smallest absolute Gasteiger partial charge is 0.327 e. The van der Waals surface area contributed by atoms with Crippen LogP contribution in [0.3, 0.4) is 0 Å². The Labute approximate surface area is 100 Å². The number of rotatable bonds is 1. The van der Waals surface area contributed by atoms with Gasteiger partial charge in [-0.25, -0.2) is 4.79 Å². The minimum absolute atomic E-state index is 0. The summed E-state index contributed by atoms with van der Waals surface area (Å²) in [5, 5.41) is 0. The maximum Gasteiger partial charge on any atom is 0.327 e. The first-order valence-corrected chi connectivity index (χ1v) is 5.25. The monoisotopic (exact) mass is 295 g/mol. The van der Waals surface area contributed by atoms with Crippen LogP contribution in [-0.2, 0) is 0 Å². The summed E-state index contributed by atoms with van der Waals surface area (Å²) in [6.07, 6.45) is 2.20. The van der Waals surface area contributed by atoms with Crippen molar-refractivity contribution in [1.29, 1.82) is 0 Å². The van der Waals surface area contributed by atoms with Crippen LogP contribution < -0.4 is 16.1 Å². The second-order valence-corrected chi connectivity index (χ2v) is 4.06. The molecule has 1 fully saturated rings. The number of halogens is 2. The van der Waals surface area contributed by atoms with Gasteiger partial charge in [0, 0.05) is 13.1 Å². The van der Waals surface area contributed by atoms with Crippen LogP contribution in [0.5, 0.6) is 0 Å². The van der Waals surface area contributed by atoms with Crippen molar-refractivity contribution in [2.24, 2.45) is 0 Å². The van der Waals surface area contributed by atoms with Crippen LogP contribution in [0.15, 0.2) is 14.1 Å². The Kier molecular flexibility index (Phi) is 3.98. The molecule has 0 unspecified atom stereocenters. The van der Waals surface area contributed by atoms with E-state index in [-0.39, 0.29) is 18.0 Å². The fraction of sp³-hybridized carbons (Fsp3) is 0.500. The zero-order valence-electron chi connectivity index (χ0n) is 7.88. The fourth-order valence-corrected chi connectivity index (χ4v) is 2.07. The second kappa shape index (κ2) is 4.85. The lowest BCUT2D eigenvalue weighted by atomic mass is 10.4. The quantitative estimate of drug-likeness (QED) is 0.807. The first-order chi connectivity index (χ1) is 6.68. The van der Waals surface area contributed by atoms with Crippen molar-refractivity contribution in [2.75, 3.05) is 18.0 Å². The van der Waals surface area contributed by atoms with E-state index in [4.69, 9.17) is 0 Å². The summed E-state index contributed by atoms with van der Waals surface area (Å²) in [5.41, 5.74) is -0.837. The maximum absolute atomic E-state index is 11.3. The van der Waals surface area contributed by atoms with Crippen molar-refractivity contribution in [3.63, 3.8) is 0 Å². The zero-order valence-corrected chi connectivity index (χ0v) is 10.3. The third-order valence-corrected chi connectivity index (χ3v) is 3.02. The van der Waals surface area contributed by atoms with E-state index in [1.165, 1.54) is 0 Å². The Morgan fingerprint density at radius 2 is 1.73 bits per heavy atom. The molecule has 2 rings (SSSR count). The van der Waals surface area contributed by atoms with E-state index in [1.807, 2.05) is 4.90 Å². The molecule has 15 heavy (non-hydrogen) atoms. The van der Waals surface area contributed by atoms with Crippen molar-refractivity contribution >= 4 is 34.2 Å². The predicted octanol–water partition coefficient (Wildman–Crippen LogP) is 0.848. The summed E-state index contributed by atoms with van der Waals surface area (Å²) < 4.78 is 0.402. The molecule has 0 amide bonds. The molecular weight excluding hydrogens is 285 g/mol. The summed E-state index contributed by atoms with van der Waals surface area (Å²) in [4.78, 5) is 29.1. The Bertz CT molecular complexity index is 450. The van der Waals surface area contributed by atoms with Gasteiger partial charge in [-0.15, -0.1) is 12.4 Å². The highest BCUT2D eigenvalue weighted by Gasteiger charge is 2.17. The molecule has 7 heteroatoms. The largest absolute Gasteiger partial charge is 0.357 e. The molecule has 0 atom stereocenters. The summed E-state index contributed by atoms with van der Waals surface area (Å²) >= 11 is 3.17. The molecule has 84 valence electrons. The van der Waals surface area contributed by atoms with Gasteiger partial charge in [-0.3, -0.25) is 14.8 Å². The number of aromatic amines is 2. The molecule has 0 aliphatic carbocycles. The Hall–Kier alpha value is -0.750. The van der Waals surface area contributed by atoms with Crippen LogP contribution in [0.4, 0.5) is 5.82 Å². The van der Waals surface area contributed by atoms with Gasteiger partial charge in [-0.2, -0.15) is 0 Å². The van der Waals surface area contributed by atoms with Crippen LogP contribution >= 0.6 is 28.3 Å². The zero-order chi connectivity index (χ0) is 10.1. The van der Waals surface area contributed by atoms with Crippen molar-refractivity contribution < 1.29 is 0 Å². The first-order valence-electron chi connectivity index (χ1n) is 4.45. The van der Waals surface area contributed by atoms with Crippen LogP contribution in [-0.4, -0.2) is 23.1 Å². The van der Waals surface area contributed by atoms with Crippen LogP contribution in [0.25, 0.3) is 0 Å². The lowest BCUT2D eigenvalue weighted by Crippen LogP contribution is -2.29. The molecule has 1 aromatic heterocycles. The minimum atomic E-state index is -0.458. The molecule has 1 saturated heterocycles. The molecule has 0 radical (unpaired) electrons. The fourth-order valence-electron chi connectivity index (χ4n) is 1.62. The number of anilines is 1. The lowest BCUT2D eigenvalue weighted by molar-refractivity contribution is 0.895. The van der Waals surface area contributed by atoms with Gasteiger partial charge in [0.05, 0.1) is 0 Å². The van der Waals surface area contributed by atoms with Gasteiger partial charge in [-0.05, 0) is 28.8 Å². The van der Waals surface area contributed by atoms with E-state index < -0.39 is 5.69 Å². The van der Waals surface area contributed by atoms with Crippen molar-refractivity contribution in [3.8, 4) is 0 Å². The average Bonchev–Trinajstić information content (AvgIpc) is 2.63.